The van der Waals surface area contributed by atoms with Crippen LogP contribution in [-0.2, 0) is 33.2 Å². The largest absolute Gasteiger partial charge is 0.464 e. The van der Waals surface area contributed by atoms with Gasteiger partial charge in [-0.1, -0.05) is 0 Å². The number of ether oxygens (including phenoxy) is 7. The normalized spacial score (nSPS) is 46.1. The van der Waals surface area contributed by atoms with E-state index in [0.717, 1.165) is 0 Å². The van der Waals surface area contributed by atoms with E-state index in [0.29, 0.717) is 11.5 Å². The summed E-state index contributed by atoms with van der Waals surface area (Å²) in [5, 5.41) is 42.7. The van der Waals surface area contributed by atoms with E-state index in [4.69, 9.17) is 42.0 Å². The van der Waals surface area contributed by atoms with Crippen molar-refractivity contribution in [1.82, 2.24) is 0 Å². The predicted octanol–water partition coefficient (Wildman–Crippen LogP) is -0.689. The van der Waals surface area contributed by atoms with Gasteiger partial charge in [0, 0.05) is 0 Å². The maximum Gasteiger partial charge on any atom is 0.217 e. The van der Waals surface area contributed by atoms with Crippen LogP contribution in [0.2, 0.25) is 0 Å². The van der Waals surface area contributed by atoms with E-state index < -0.39 is 74.0 Å². The Morgan fingerprint density at radius 1 is 0.629 bits per heavy atom. The molecule has 13 nitrogen and oxygen atoms in total. The summed E-state index contributed by atoms with van der Waals surface area (Å²) in [6.45, 7) is 0.0494. The molecular weight excluding hydrogens is 472 g/mol. The van der Waals surface area contributed by atoms with E-state index in [2.05, 4.69) is 0 Å². The second kappa shape index (κ2) is 9.53. The number of aliphatic hydroxyl groups excluding tert-OH is 4. The summed E-state index contributed by atoms with van der Waals surface area (Å²) in [6, 6.07) is 6.68. The molecule has 4 aliphatic heterocycles. The Kier molecular flexibility index (Phi) is 6.41. The summed E-state index contributed by atoms with van der Waals surface area (Å²) in [4.78, 5) is 0. The average molecular weight is 498 g/mol. The first-order valence-electron chi connectivity index (χ1n) is 11.3. The topological polar surface area (TPSA) is 172 Å². The number of aliphatic hydroxyl groups is 4. The van der Waals surface area contributed by atoms with Crippen LogP contribution in [0.4, 0.5) is 0 Å². The van der Waals surface area contributed by atoms with Crippen molar-refractivity contribution in [2.75, 3.05) is 13.2 Å². The molecule has 6 rings (SSSR count). The molecule has 4 saturated heterocycles. The molecule has 0 aromatic carbocycles. The van der Waals surface area contributed by atoms with E-state index in [9.17, 15) is 20.4 Å². The summed E-state index contributed by atoms with van der Waals surface area (Å²) in [5.74, 6) is 0.828. The monoisotopic (exact) mass is 498 g/mol. The smallest absolute Gasteiger partial charge is 0.217 e. The van der Waals surface area contributed by atoms with Crippen LogP contribution in [0.1, 0.15) is 24.1 Å². The first-order valence-corrected chi connectivity index (χ1v) is 11.3. The van der Waals surface area contributed by atoms with Crippen molar-refractivity contribution in [3.05, 3.63) is 48.3 Å². The molecule has 13 heteroatoms. The molecule has 0 radical (unpaired) electrons. The first-order chi connectivity index (χ1) is 17.0. The van der Waals surface area contributed by atoms with E-state index in [1.54, 1.807) is 24.3 Å². The fraction of sp³-hybridized carbons (Fsp3) is 0.636. The van der Waals surface area contributed by atoms with E-state index >= 15 is 0 Å². The highest BCUT2D eigenvalue weighted by atomic mass is 16.8. The van der Waals surface area contributed by atoms with Gasteiger partial charge in [-0.2, -0.15) is 0 Å². The maximum atomic E-state index is 10.7. The van der Waals surface area contributed by atoms with Crippen LogP contribution in [0.25, 0.3) is 0 Å². The maximum absolute atomic E-state index is 10.7. The van der Waals surface area contributed by atoms with Crippen molar-refractivity contribution in [3.8, 4) is 0 Å². The molecule has 4 aliphatic rings. The van der Waals surface area contributed by atoms with Crippen molar-refractivity contribution >= 4 is 0 Å². The second-order valence-corrected chi connectivity index (χ2v) is 8.75. The minimum Gasteiger partial charge on any atom is -0.464 e. The van der Waals surface area contributed by atoms with E-state index in [1.165, 1.54) is 12.5 Å². The average Bonchev–Trinajstić information content (AvgIpc) is 3.60. The summed E-state index contributed by atoms with van der Waals surface area (Å²) < 4.78 is 50.5. The molecule has 2 aromatic rings. The molecule has 4 fully saturated rings. The van der Waals surface area contributed by atoms with Crippen LogP contribution in [0.15, 0.2) is 45.6 Å². The molecule has 2 unspecified atom stereocenters. The Morgan fingerprint density at radius 2 is 1.09 bits per heavy atom. The third-order valence-electron chi connectivity index (χ3n) is 6.49. The molecule has 0 spiro atoms. The molecule has 2 aromatic heterocycles. The molecule has 35 heavy (non-hydrogen) atoms. The zero-order valence-electron chi connectivity index (χ0n) is 18.3. The molecule has 0 bridgehead atoms. The van der Waals surface area contributed by atoms with Gasteiger partial charge in [-0.05, 0) is 24.3 Å². The summed E-state index contributed by atoms with van der Waals surface area (Å²) in [5.41, 5.74) is 0. The molecular formula is C22H26O13. The van der Waals surface area contributed by atoms with Gasteiger partial charge in [0.2, 0.25) is 12.6 Å². The lowest BCUT2D eigenvalue weighted by atomic mass is 9.97. The van der Waals surface area contributed by atoms with Crippen molar-refractivity contribution in [2.24, 2.45) is 0 Å². The lowest BCUT2D eigenvalue weighted by molar-refractivity contribution is -0.413. The Labute approximate surface area is 198 Å². The summed E-state index contributed by atoms with van der Waals surface area (Å²) in [7, 11) is 0. The second-order valence-electron chi connectivity index (χ2n) is 8.75. The van der Waals surface area contributed by atoms with Gasteiger partial charge in [0.1, 0.15) is 48.8 Å². The van der Waals surface area contributed by atoms with Crippen LogP contribution in [0, 0.1) is 0 Å². The highest BCUT2D eigenvalue weighted by Gasteiger charge is 2.54. The molecule has 4 N–H and O–H groups in total. The lowest BCUT2D eigenvalue weighted by Crippen LogP contribution is -2.66. The van der Waals surface area contributed by atoms with Crippen molar-refractivity contribution in [2.45, 2.75) is 74.0 Å². The minimum absolute atomic E-state index is 0.0247. The van der Waals surface area contributed by atoms with Crippen LogP contribution < -0.4 is 0 Å². The number of fused-ring (bicyclic) bond motifs is 2. The molecule has 0 saturated carbocycles. The SMILES string of the molecule is O[C@@H]1[C@@H](O)[C@@H](O[C@H]2O[C@@H]3COC(c4ccco4)O[C@H]3[C@H](O)[C@H]2O)O[C@@H]2COC(c3ccco3)O[C@@H]12. The molecule has 0 amide bonds. The molecule has 12 atom stereocenters. The Bertz CT molecular complexity index is 870. The van der Waals surface area contributed by atoms with Gasteiger partial charge in [-0.25, -0.2) is 0 Å². The van der Waals surface area contributed by atoms with Gasteiger partial charge >= 0.3 is 0 Å². The standard InChI is InChI=1S/C22H26O13/c23-13-15(25)21(31-11-7-29-19(33-17(11)13)9-3-1-5-27-9)35-22-16(26)14(24)18-12(32-22)8-30-20(34-18)10-4-2-6-28-10/h1-6,11-26H,7-8H2/t11-,12-,13-,14-,15-,16-,17-,18-,19?,20?,21-,22-/m1/s1. The first kappa shape index (κ1) is 23.5. The van der Waals surface area contributed by atoms with Crippen molar-refractivity contribution in [1.29, 1.82) is 0 Å². The third kappa shape index (κ3) is 4.32. The van der Waals surface area contributed by atoms with Gasteiger partial charge in [0.25, 0.3) is 0 Å². The van der Waals surface area contributed by atoms with Crippen molar-refractivity contribution in [3.63, 3.8) is 0 Å². The summed E-state index contributed by atoms with van der Waals surface area (Å²) in [6.07, 6.45) is -10.9. The molecule has 192 valence electrons. The Morgan fingerprint density at radius 3 is 1.49 bits per heavy atom. The number of rotatable bonds is 4. The fourth-order valence-electron chi connectivity index (χ4n) is 4.65. The van der Waals surface area contributed by atoms with E-state index in [-0.39, 0.29) is 13.2 Å². The third-order valence-corrected chi connectivity index (χ3v) is 6.49. The molecule has 6 heterocycles. The fourth-order valence-corrected chi connectivity index (χ4v) is 4.65. The van der Waals surface area contributed by atoms with Gasteiger partial charge in [0.05, 0.1) is 25.7 Å². The van der Waals surface area contributed by atoms with Crippen LogP contribution in [-0.4, -0.2) is 95.1 Å². The van der Waals surface area contributed by atoms with Crippen LogP contribution in [0.3, 0.4) is 0 Å². The number of hydrogen-bond acceptors (Lipinski definition) is 13. The predicted molar refractivity (Wildman–Crippen MR) is 107 cm³/mol. The van der Waals surface area contributed by atoms with Gasteiger partial charge < -0.3 is 62.4 Å². The zero-order valence-corrected chi connectivity index (χ0v) is 18.3. The highest BCUT2D eigenvalue weighted by molar-refractivity contribution is 5.04. The van der Waals surface area contributed by atoms with Gasteiger partial charge in [0.15, 0.2) is 24.1 Å². The van der Waals surface area contributed by atoms with Crippen LogP contribution >= 0.6 is 0 Å². The quantitative estimate of drug-likeness (QED) is 0.418. The van der Waals surface area contributed by atoms with E-state index in [1.807, 2.05) is 0 Å². The Balaban J connectivity index is 1.10. The lowest BCUT2D eigenvalue weighted by Gasteiger charge is -2.49. The minimum atomic E-state index is -1.54. The molecule has 0 aliphatic carbocycles. The van der Waals surface area contributed by atoms with Gasteiger partial charge in [-0.15, -0.1) is 0 Å². The van der Waals surface area contributed by atoms with Crippen LogP contribution in [0.5, 0.6) is 0 Å². The zero-order chi connectivity index (χ0) is 24.1. The summed E-state index contributed by atoms with van der Waals surface area (Å²) >= 11 is 0. The Hall–Kier alpha value is -1.88. The number of hydrogen-bond donors (Lipinski definition) is 4. The van der Waals surface area contributed by atoms with Crippen molar-refractivity contribution < 1.29 is 62.4 Å². The number of furan rings is 2. The van der Waals surface area contributed by atoms with Gasteiger partial charge in [-0.3, -0.25) is 0 Å². The highest BCUT2D eigenvalue weighted by Crippen LogP contribution is 2.38.